The van der Waals surface area contributed by atoms with Crippen LogP contribution in [0.1, 0.15) is 27.7 Å². The van der Waals surface area contributed by atoms with Crippen LogP contribution in [-0.2, 0) is 4.74 Å². The fourth-order valence-electron chi connectivity index (χ4n) is 1.19. The number of hydrogen-bond donors (Lipinski definition) is 1. The van der Waals surface area contributed by atoms with Crippen molar-refractivity contribution in [3.8, 4) is 0 Å². The van der Waals surface area contributed by atoms with Gasteiger partial charge in [-0.05, 0) is 52.0 Å². The van der Waals surface area contributed by atoms with Gasteiger partial charge in [0.1, 0.15) is 11.4 Å². The van der Waals surface area contributed by atoms with Gasteiger partial charge in [-0.15, -0.1) is 0 Å². The van der Waals surface area contributed by atoms with Crippen LogP contribution < -0.4 is 5.32 Å². The zero-order chi connectivity index (χ0) is 13.8. The first kappa shape index (κ1) is 14.5. The average Bonchev–Trinajstić information content (AvgIpc) is 2.18. The number of aliphatic imine (C=N–C) groups is 1. The highest BCUT2D eigenvalue weighted by atomic mass is 35.5. The average molecular weight is 269 g/mol. The Balaban J connectivity index is 2.62. The van der Waals surface area contributed by atoms with Crippen LogP contribution in [0.25, 0.3) is 0 Å². The summed E-state index contributed by atoms with van der Waals surface area (Å²) in [5.74, 6) is 0.464. The van der Waals surface area contributed by atoms with E-state index in [1.165, 1.54) is 0 Å². The predicted octanol–water partition coefficient (Wildman–Crippen LogP) is 3.91. The second kappa shape index (κ2) is 5.87. The fraction of sp³-hybridized carbons (Fsp3) is 0.385. The highest BCUT2D eigenvalue weighted by molar-refractivity contribution is 6.30. The molecule has 98 valence electrons. The molecule has 0 spiro atoms. The number of nitrogens with one attached hydrogen (secondary N) is 1. The minimum atomic E-state index is -0.523. The van der Waals surface area contributed by atoms with Gasteiger partial charge in [0.2, 0.25) is 0 Å². The fourth-order valence-corrected chi connectivity index (χ4v) is 1.31. The zero-order valence-corrected chi connectivity index (χ0v) is 11.7. The van der Waals surface area contributed by atoms with Crippen molar-refractivity contribution in [2.75, 3.05) is 0 Å². The lowest BCUT2D eigenvalue weighted by Crippen LogP contribution is -2.35. The van der Waals surface area contributed by atoms with Crippen LogP contribution >= 0.6 is 11.6 Å². The van der Waals surface area contributed by atoms with Crippen LogP contribution in [0, 0.1) is 0 Å². The number of carbonyl (C=O) groups is 1. The van der Waals surface area contributed by atoms with E-state index >= 15 is 0 Å². The molecule has 1 aromatic carbocycles. The van der Waals surface area contributed by atoms with Gasteiger partial charge in [0.05, 0.1) is 5.69 Å². The summed E-state index contributed by atoms with van der Waals surface area (Å²) in [7, 11) is 0. The summed E-state index contributed by atoms with van der Waals surface area (Å²) in [5, 5.41) is 3.20. The molecule has 1 N–H and O–H groups in total. The summed E-state index contributed by atoms with van der Waals surface area (Å²) < 4.78 is 5.11. The van der Waals surface area contributed by atoms with Crippen molar-refractivity contribution in [3.05, 3.63) is 29.3 Å². The Hall–Kier alpha value is -1.55. The minimum absolute atomic E-state index is 0.464. The van der Waals surface area contributed by atoms with E-state index in [1.54, 1.807) is 52.0 Å². The monoisotopic (exact) mass is 268 g/mol. The maximum absolute atomic E-state index is 11.5. The molecule has 5 heteroatoms. The Morgan fingerprint density at radius 2 is 1.83 bits per heavy atom. The summed E-state index contributed by atoms with van der Waals surface area (Å²) in [6.45, 7) is 7.10. The van der Waals surface area contributed by atoms with Crippen molar-refractivity contribution in [1.82, 2.24) is 5.32 Å². The molecule has 0 aliphatic rings. The lowest BCUT2D eigenvalue weighted by Gasteiger charge is -2.19. The Labute approximate surface area is 112 Å². The van der Waals surface area contributed by atoms with Gasteiger partial charge < -0.3 is 4.74 Å². The number of rotatable bonds is 1. The SMILES string of the molecule is CC(=Nc1ccc(Cl)cc1)NC(=O)OC(C)(C)C. The summed E-state index contributed by atoms with van der Waals surface area (Å²) >= 11 is 5.77. The zero-order valence-electron chi connectivity index (χ0n) is 11.0. The van der Waals surface area contributed by atoms with Gasteiger partial charge >= 0.3 is 6.09 Å². The molecule has 0 unspecified atom stereocenters. The molecule has 1 rings (SSSR count). The highest BCUT2D eigenvalue weighted by Gasteiger charge is 2.16. The van der Waals surface area contributed by atoms with Crippen molar-refractivity contribution in [1.29, 1.82) is 0 Å². The second-order valence-corrected chi connectivity index (χ2v) is 5.24. The number of carbonyl (C=O) groups excluding carboxylic acids is 1. The van der Waals surface area contributed by atoms with E-state index in [2.05, 4.69) is 10.3 Å². The Morgan fingerprint density at radius 3 is 2.33 bits per heavy atom. The molecule has 0 fully saturated rings. The van der Waals surface area contributed by atoms with E-state index in [1.807, 2.05) is 0 Å². The topological polar surface area (TPSA) is 50.7 Å². The van der Waals surface area contributed by atoms with Gasteiger partial charge in [0, 0.05) is 5.02 Å². The quantitative estimate of drug-likeness (QED) is 0.620. The van der Waals surface area contributed by atoms with Crippen molar-refractivity contribution in [3.63, 3.8) is 0 Å². The van der Waals surface area contributed by atoms with E-state index in [0.717, 1.165) is 0 Å². The number of alkyl carbamates (subject to hydrolysis) is 1. The number of amidine groups is 1. The molecule has 1 aromatic rings. The molecule has 0 saturated heterocycles. The molecular weight excluding hydrogens is 252 g/mol. The number of amides is 1. The van der Waals surface area contributed by atoms with E-state index in [-0.39, 0.29) is 0 Å². The standard InChI is InChI=1S/C13H17ClN2O2/c1-9(16-12(17)18-13(2,3)4)15-11-7-5-10(14)6-8-11/h5-8H,1-4H3,(H,15,16,17). The van der Waals surface area contributed by atoms with Crippen molar-refractivity contribution < 1.29 is 9.53 Å². The largest absolute Gasteiger partial charge is 0.444 e. The Kier molecular flexibility index (Phi) is 4.73. The normalized spacial score (nSPS) is 12.2. The molecule has 0 heterocycles. The van der Waals surface area contributed by atoms with Crippen LogP contribution in [0.3, 0.4) is 0 Å². The molecule has 0 radical (unpaired) electrons. The third-order valence-corrected chi connectivity index (χ3v) is 2.06. The molecule has 0 atom stereocenters. The van der Waals surface area contributed by atoms with Crippen LogP contribution in [-0.4, -0.2) is 17.5 Å². The third kappa shape index (κ3) is 5.68. The van der Waals surface area contributed by atoms with Gasteiger partial charge in [0.25, 0.3) is 0 Å². The van der Waals surface area contributed by atoms with Crippen molar-refractivity contribution in [2.24, 2.45) is 4.99 Å². The predicted molar refractivity (Wildman–Crippen MR) is 73.6 cm³/mol. The van der Waals surface area contributed by atoms with Crippen LogP contribution in [0.15, 0.2) is 29.3 Å². The molecule has 18 heavy (non-hydrogen) atoms. The lowest BCUT2D eigenvalue weighted by atomic mass is 10.2. The molecule has 0 aromatic heterocycles. The Morgan fingerprint density at radius 1 is 1.28 bits per heavy atom. The van der Waals surface area contributed by atoms with Gasteiger partial charge in [0.15, 0.2) is 0 Å². The summed E-state index contributed by atoms with van der Waals surface area (Å²) in [4.78, 5) is 15.7. The van der Waals surface area contributed by atoms with Gasteiger partial charge in [-0.25, -0.2) is 9.79 Å². The molecule has 1 amide bonds. The van der Waals surface area contributed by atoms with Crippen molar-refractivity contribution in [2.45, 2.75) is 33.3 Å². The maximum atomic E-state index is 11.5. The van der Waals surface area contributed by atoms with E-state index < -0.39 is 11.7 Å². The molecule has 4 nitrogen and oxygen atoms in total. The number of nitrogens with zero attached hydrogens (tertiary/aromatic N) is 1. The van der Waals surface area contributed by atoms with Crippen LogP contribution in [0.4, 0.5) is 10.5 Å². The van der Waals surface area contributed by atoms with E-state index in [0.29, 0.717) is 16.5 Å². The number of halogens is 1. The molecule has 0 saturated carbocycles. The van der Waals surface area contributed by atoms with Gasteiger partial charge in [-0.1, -0.05) is 11.6 Å². The van der Waals surface area contributed by atoms with Crippen LogP contribution in [0.5, 0.6) is 0 Å². The van der Waals surface area contributed by atoms with Gasteiger partial charge in [-0.3, -0.25) is 5.32 Å². The van der Waals surface area contributed by atoms with Gasteiger partial charge in [-0.2, -0.15) is 0 Å². The van der Waals surface area contributed by atoms with Crippen LogP contribution in [0.2, 0.25) is 5.02 Å². The number of ether oxygens (including phenoxy) is 1. The minimum Gasteiger partial charge on any atom is -0.444 e. The van der Waals surface area contributed by atoms with Crippen molar-refractivity contribution >= 4 is 29.2 Å². The molecular formula is C13H17ClN2O2. The smallest absolute Gasteiger partial charge is 0.413 e. The van der Waals surface area contributed by atoms with E-state index in [4.69, 9.17) is 16.3 Å². The molecule has 0 aliphatic carbocycles. The summed E-state index contributed by atoms with van der Waals surface area (Å²) in [6, 6.07) is 7.01. The summed E-state index contributed by atoms with van der Waals surface area (Å²) in [5.41, 5.74) is 0.193. The second-order valence-electron chi connectivity index (χ2n) is 4.80. The Bertz CT molecular complexity index is 447. The van der Waals surface area contributed by atoms with E-state index in [9.17, 15) is 4.79 Å². The number of hydrogen-bond acceptors (Lipinski definition) is 3. The summed E-state index contributed by atoms with van der Waals surface area (Å²) in [6.07, 6.45) is -0.516. The first-order valence-corrected chi connectivity index (χ1v) is 5.95. The lowest BCUT2D eigenvalue weighted by molar-refractivity contribution is 0.0563. The highest BCUT2D eigenvalue weighted by Crippen LogP contribution is 2.16. The first-order chi connectivity index (χ1) is 8.26. The third-order valence-electron chi connectivity index (χ3n) is 1.81. The first-order valence-electron chi connectivity index (χ1n) is 5.57. The maximum Gasteiger partial charge on any atom is 0.413 e. The number of benzene rings is 1. The molecule has 0 aliphatic heterocycles. The molecule has 0 bridgehead atoms.